The van der Waals surface area contributed by atoms with Crippen molar-refractivity contribution < 1.29 is 16.8 Å². The van der Waals surface area contributed by atoms with E-state index >= 15 is 0 Å². The van der Waals surface area contributed by atoms with E-state index in [2.05, 4.69) is 15.0 Å². The Morgan fingerprint density at radius 1 is 1.37 bits per heavy atom. The number of rotatable bonds is 5. The minimum absolute atomic E-state index is 0. The molecule has 2 rings (SSSR count). The van der Waals surface area contributed by atoms with Crippen LogP contribution in [-0.2, 0) is 19.9 Å². The van der Waals surface area contributed by atoms with Crippen LogP contribution >= 0.6 is 46.9 Å². The third kappa shape index (κ3) is 6.16. The molecular formula is C14H24ClIN4O4S3. The summed E-state index contributed by atoms with van der Waals surface area (Å²) in [5, 5.41) is 3.07. The van der Waals surface area contributed by atoms with Crippen LogP contribution in [0.2, 0.25) is 4.34 Å². The highest BCUT2D eigenvalue weighted by Crippen LogP contribution is 2.25. The molecule has 1 aromatic heterocycles. The fourth-order valence-electron chi connectivity index (χ4n) is 2.53. The number of halogens is 2. The summed E-state index contributed by atoms with van der Waals surface area (Å²) in [5.74, 6) is 0.610. The number of sulfonamides is 1. The zero-order valence-corrected chi connectivity index (χ0v) is 20.8. The lowest BCUT2D eigenvalue weighted by Gasteiger charge is -2.39. The maximum absolute atomic E-state index is 12.1. The van der Waals surface area contributed by atoms with Gasteiger partial charge in [-0.3, -0.25) is 4.99 Å². The highest BCUT2D eigenvalue weighted by atomic mass is 127. The molecule has 0 aromatic carbocycles. The van der Waals surface area contributed by atoms with Crippen LogP contribution in [0.1, 0.15) is 13.8 Å². The molecule has 1 fully saturated rings. The first kappa shape index (κ1) is 24.9. The van der Waals surface area contributed by atoms with E-state index in [0.717, 1.165) is 11.3 Å². The summed E-state index contributed by atoms with van der Waals surface area (Å²) >= 11 is 6.76. The summed E-state index contributed by atoms with van der Waals surface area (Å²) in [6.07, 6.45) is 0. The van der Waals surface area contributed by atoms with E-state index in [0.29, 0.717) is 29.9 Å². The molecule has 1 aromatic rings. The van der Waals surface area contributed by atoms with E-state index in [1.807, 2.05) is 4.90 Å². The standard InChI is InChI=1S/C14H23ClN4O4S3.HI/c1-14(2)10-19(8-9-25(14,20)21)13(16-3)17-6-7-18-26(22,23)12-5-4-11(15)24-12;/h4-5,18H,6-10H2,1-3H3,(H,16,17);1H. The van der Waals surface area contributed by atoms with Crippen LogP contribution in [0, 0.1) is 0 Å². The lowest BCUT2D eigenvalue weighted by molar-refractivity contribution is 0.353. The van der Waals surface area contributed by atoms with Gasteiger partial charge >= 0.3 is 0 Å². The van der Waals surface area contributed by atoms with Crippen LogP contribution in [-0.4, -0.2) is 71.4 Å². The minimum Gasteiger partial charge on any atom is -0.355 e. The minimum atomic E-state index is -3.59. The molecular weight excluding hydrogens is 547 g/mol. The summed E-state index contributed by atoms with van der Waals surface area (Å²) < 4.78 is 50.6. The number of aliphatic imine (C=N–C) groups is 1. The van der Waals surface area contributed by atoms with Gasteiger partial charge in [0, 0.05) is 33.2 Å². The van der Waals surface area contributed by atoms with E-state index < -0.39 is 24.6 Å². The van der Waals surface area contributed by atoms with E-state index in [1.165, 1.54) is 12.1 Å². The van der Waals surface area contributed by atoms with Gasteiger partial charge in [0.05, 0.1) is 14.8 Å². The molecule has 0 unspecified atom stereocenters. The highest BCUT2D eigenvalue weighted by molar-refractivity contribution is 14.0. The van der Waals surface area contributed by atoms with Crippen molar-refractivity contribution in [3.63, 3.8) is 0 Å². The highest BCUT2D eigenvalue weighted by Gasteiger charge is 2.40. The number of hydrogen-bond donors (Lipinski definition) is 2. The summed E-state index contributed by atoms with van der Waals surface area (Å²) in [6.45, 7) is 4.55. The van der Waals surface area contributed by atoms with Crippen LogP contribution in [0.15, 0.2) is 21.3 Å². The van der Waals surface area contributed by atoms with Crippen molar-refractivity contribution >= 4 is 72.7 Å². The predicted molar refractivity (Wildman–Crippen MR) is 121 cm³/mol. The predicted octanol–water partition coefficient (Wildman–Crippen LogP) is 1.38. The first-order chi connectivity index (χ1) is 12.0. The topological polar surface area (TPSA) is 108 Å². The number of sulfone groups is 1. The smallest absolute Gasteiger partial charge is 0.250 e. The molecule has 1 saturated heterocycles. The monoisotopic (exact) mass is 570 g/mol. The second kappa shape index (κ2) is 9.57. The maximum Gasteiger partial charge on any atom is 0.250 e. The van der Waals surface area contributed by atoms with Crippen LogP contribution in [0.4, 0.5) is 0 Å². The summed E-state index contributed by atoms with van der Waals surface area (Å²) in [7, 11) is -5.12. The Hall–Kier alpha value is -0.150. The van der Waals surface area contributed by atoms with Gasteiger partial charge < -0.3 is 10.2 Å². The Morgan fingerprint density at radius 3 is 2.56 bits per heavy atom. The van der Waals surface area contributed by atoms with Gasteiger partial charge in [-0.05, 0) is 26.0 Å². The molecule has 156 valence electrons. The van der Waals surface area contributed by atoms with Crippen molar-refractivity contribution in [3.05, 3.63) is 16.5 Å². The Labute approximate surface area is 186 Å². The largest absolute Gasteiger partial charge is 0.355 e. The van der Waals surface area contributed by atoms with E-state index in [1.54, 1.807) is 20.9 Å². The molecule has 0 atom stereocenters. The van der Waals surface area contributed by atoms with Gasteiger partial charge in [-0.2, -0.15) is 0 Å². The van der Waals surface area contributed by atoms with Crippen molar-refractivity contribution in [2.45, 2.75) is 22.8 Å². The molecule has 27 heavy (non-hydrogen) atoms. The molecule has 0 radical (unpaired) electrons. The molecule has 1 aliphatic rings. The van der Waals surface area contributed by atoms with Gasteiger partial charge in [0.15, 0.2) is 15.8 Å². The lowest BCUT2D eigenvalue weighted by Crippen LogP contribution is -2.57. The third-order valence-corrected chi connectivity index (χ3v) is 9.79. The molecule has 0 spiro atoms. The second-order valence-corrected chi connectivity index (χ2v) is 12.9. The number of guanidine groups is 1. The molecule has 0 amide bonds. The number of nitrogens with one attached hydrogen (secondary N) is 2. The van der Waals surface area contributed by atoms with Gasteiger partial charge in [-0.25, -0.2) is 21.6 Å². The molecule has 0 saturated carbocycles. The normalized spacial score (nSPS) is 19.4. The lowest BCUT2D eigenvalue weighted by atomic mass is 10.2. The zero-order valence-electron chi connectivity index (χ0n) is 15.2. The average molecular weight is 571 g/mol. The van der Waals surface area contributed by atoms with Crippen LogP contribution < -0.4 is 10.0 Å². The first-order valence-electron chi connectivity index (χ1n) is 7.91. The average Bonchev–Trinajstić information content (AvgIpc) is 2.98. The third-order valence-electron chi connectivity index (χ3n) is 4.07. The van der Waals surface area contributed by atoms with Gasteiger partial charge in [0.2, 0.25) is 10.0 Å². The quantitative estimate of drug-likeness (QED) is 0.240. The fraction of sp³-hybridized carbons (Fsp3) is 0.643. The molecule has 8 nitrogen and oxygen atoms in total. The van der Waals surface area contributed by atoms with Crippen molar-refractivity contribution in [1.29, 1.82) is 0 Å². The Bertz CT molecular complexity index is 884. The molecule has 2 heterocycles. The summed E-state index contributed by atoms with van der Waals surface area (Å²) in [5.41, 5.74) is 0. The van der Waals surface area contributed by atoms with Gasteiger partial charge in [-0.1, -0.05) is 11.6 Å². The Balaban J connectivity index is 0.00000364. The van der Waals surface area contributed by atoms with Crippen LogP contribution in [0.5, 0.6) is 0 Å². The number of nitrogens with zero attached hydrogens (tertiary/aromatic N) is 2. The summed E-state index contributed by atoms with van der Waals surface area (Å²) in [4.78, 5) is 6.03. The Morgan fingerprint density at radius 2 is 2.04 bits per heavy atom. The molecule has 1 aliphatic heterocycles. The van der Waals surface area contributed by atoms with Crippen molar-refractivity contribution in [2.75, 3.05) is 39.0 Å². The molecule has 0 bridgehead atoms. The van der Waals surface area contributed by atoms with Crippen molar-refractivity contribution in [2.24, 2.45) is 4.99 Å². The van der Waals surface area contributed by atoms with Gasteiger partial charge in [0.1, 0.15) is 4.21 Å². The molecule has 2 N–H and O–H groups in total. The van der Waals surface area contributed by atoms with Crippen molar-refractivity contribution in [1.82, 2.24) is 14.9 Å². The SMILES string of the molecule is CN=C(NCCNS(=O)(=O)c1ccc(Cl)s1)N1CCS(=O)(=O)C(C)(C)C1.I. The van der Waals surface area contributed by atoms with Gasteiger partial charge in [-0.15, -0.1) is 35.3 Å². The second-order valence-electron chi connectivity index (χ2n) is 6.43. The van der Waals surface area contributed by atoms with Gasteiger partial charge in [0.25, 0.3) is 0 Å². The van der Waals surface area contributed by atoms with Crippen LogP contribution in [0.3, 0.4) is 0 Å². The summed E-state index contributed by atoms with van der Waals surface area (Å²) in [6, 6.07) is 2.99. The maximum atomic E-state index is 12.1. The van der Waals surface area contributed by atoms with E-state index in [-0.39, 0.29) is 40.5 Å². The molecule has 0 aliphatic carbocycles. The number of hydrogen-bond acceptors (Lipinski definition) is 6. The Kier molecular flexibility index (Phi) is 8.82. The van der Waals surface area contributed by atoms with E-state index in [9.17, 15) is 16.8 Å². The molecule has 13 heteroatoms. The number of thiophene rings is 1. The van der Waals surface area contributed by atoms with Crippen LogP contribution in [0.25, 0.3) is 0 Å². The van der Waals surface area contributed by atoms with Crippen molar-refractivity contribution in [3.8, 4) is 0 Å². The first-order valence-corrected chi connectivity index (χ1v) is 12.2. The fourth-order valence-corrected chi connectivity index (χ4v) is 6.45. The van der Waals surface area contributed by atoms with E-state index in [4.69, 9.17) is 11.6 Å². The zero-order chi connectivity index (χ0) is 19.6.